The molecule has 5 heteroatoms. The fourth-order valence-electron chi connectivity index (χ4n) is 2.08. The van der Waals surface area contributed by atoms with Crippen LogP contribution in [-0.2, 0) is 10.1 Å². The lowest BCUT2D eigenvalue weighted by Crippen LogP contribution is -1.97. The van der Waals surface area contributed by atoms with Gasteiger partial charge in [0.15, 0.2) is 0 Å². The van der Waals surface area contributed by atoms with Gasteiger partial charge in [-0.2, -0.15) is 8.42 Å². The van der Waals surface area contributed by atoms with Crippen LogP contribution in [-0.4, -0.2) is 13.0 Å². The van der Waals surface area contributed by atoms with E-state index in [-0.39, 0.29) is 17.3 Å². The van der Waals surface area contributed by atoms with E-state index in [9.17, 15) is 8.42 Å². The van der Waals surface area contributed by atoms with E-state index >= 15 is 0 Å². The number of halogens is 1. The average molecular weight is 295 g/mol. The van der Waals surface area contributed by atoms with E-state index < -0.39 is 10.1 Å². The first-order valence-corrected chi connectivity index (χ1v) is 6.88. The third kappa shape index (κ3) is 2.56. The summed E-state index contributed by atoms with van der Waals surface area (Å²) in [6.07, 6.45) is 0. The lowest BCUT2D eigenvalue weighted by Gasteiger charge is -2.04. The lowest BCUT2D eigenvalue weighted by atomic mass is 10.0. The molecule has 3 nitrogen and oxygen atoms in total. The lowest BCUT2D eigenvalue weighted by molar-refractivity contribution is 0.483. The molecular weight excluding hydrogens is 284 g/mol. The number of rotatable bonds is 1. The van der Waals surface area contributed by atoms with Crippen LogP contribution in [0.1, 0.15) is 0 Å². The molecule has 0 amide bonds. The zero-order valence-corrected chi connectivity index (χ0v) is 11.4. The zero-order chi connectivity index (χ0) is 12.8. The van der Waals surface area contributed by atoms with Crippen molar-refractivity contribution in [2.24, 2.45) is 0 Å². The molecule has 3 aromatic rings. The van der Waals surface area contributed by atoms with E-state index in [2.05, 4.69) is 0 Å². The van der Waals surface area contributed by atoms with Gasteiger partial charge in [0.05, 0.1) is 4.90 Å². The average Bonchev–Trinajstić information content (AvgIpc) is 2.34. The summed E-state index contributed by atoms with van der Waals surface area (Å²) >= 11 is 0. The second-order valence-corrected chi connectivity index (χ2v) is 5.60. The van der Waals surface area contributed by atoms with Crippen LogP contribution in [0.5, 0.6) is 0 Å². The van der Waals surface area contributed by atoms with Crippen molar-refractivity contribution in [3.63, 3.8) is 0 Å². The van der Waals surface area contributed by atoms with E-state index in [1.165, 1.54) is 12.1 Å². The Kier molecular flexibility index (Phi) is 3.49. The van der Waals surface area contributed by atoms with E-state index in [0.29, 0.717) is 0 Å². The Morgan fingerprint density at radius 3 is 1.84 bits per heavy atom. The molecule has 3 aromatic carbocycles. The van der Waals surface area contributed by atoms with Gasteiger partial charge >= 0.3 is 0 Å². The minimum absolute atomic E-state index is 0. The van der Waals surface area contributed by atoms with Crippen molar-refractivity contribution in [3.05, 3.63) is 54.6 Å². The molecule has 0 aliphatic rings. The molecule has 0 aromatic heterocycles. The van der Waals surface area contributed by atoms with Crippen LogP contribution >= 0.6 is 12.4 Å². The number of hydrogen-bond acceptors (Lipinski definition) is 2. The van der Waals surface area contributed by atoms with Crippen molar-refractivity contribution in [1.29, 1.82) is 0 Å². The van der Waals surface area contributed by atoms with Crippen LogP contribution in [0.3, 0.4) is 0 Å². The van der Waals surface area contributed by atoms with E-state index in [4.69, 9.17) is 4.55 Å². The molecule has 0 aliphatic heterocycles. The van der Waals surface area contributed by atoms with Gasteiger partial charge in [-0.05, 0) is 45.8 Å². The van der Waals surface area contributed by atoms with Crippen molar-refractivity contribution in [3.8, 4) is 0 Å². The highest BCUT2D eigenvalue weighted by atomic mass is 35.5. The van der Waals surface area contributed by atoms with Crippen LogP contribution in [0.25, 0.3) is 21.5 Å². The molecule has 0 unspecified atom stereocenters. The summed E-state index contributed by atoms with van der Waals surface area (Å²) in [4.78, 5) is -0.0784. The Balaban J connectivity index is 0.00000133. The fourth-order valence-corrected chi connectivity index (χ4v) is 2.59. The van der Waals surface area contributed by atoms with Gasteiger partial charge in [-0.1, -0.05) is 30.3 Å². The number of benzene rings is 3. The number of hydrogen-bond donors (Lipinski definition) is 1. The Morgan fingerprint density at radius 1 is 0.737 bits per heavy atom. The van der Waals surface area contributed by atoms with Gasteiger partial charge < -0.3 is 0 Å². The predicted octanol–water partition coefficient (Wildman–Crippen LogP) is 3.66. The first-order chi connectivity index (χ1) is 8.54. The Morgan fingerprint density at radius 2 is 1.26 bits per heavy atom. The van der Waals surface area contributed by atoms with E-state index in [0.717, 1.165) is 21.5 Å². The normalized spacial score (nSPS) is 11.4. The van der Waals surface area contributed by atoms with Gasteiger partial charge in [-0.25, -0.2) is 0 Å². The third-order valence-corrected chi connectivity index (χ3v) is 3.82. The number of fused-ring (bicyclic) bond motifs is 2. The second-order valence-electron chi connectivity index (χ2n) is 4.18. The van der Waals surface area contributed by atoms with Crippen molar-refractivity contribution in [1.82, 2.24) is 0 Å². The molecular formula is C14H11ClO3S. The molecule has 0 spiro atoms. The van der Waals surface area contributed by atoms with Crippen LogP contribution < -0.4 is 0 Å². The van der Waals surface area contributed by atoms with Crippen LogP contribution in [0, 0.1) is 0 Å². The summed E-state index contributed by atoms with van der Waals surface area (Å²) in [6.45, 7) is 0. The quantitative estimate of drug-likeness (QED) is 0.550. The summed E-state index contributed by atoms with van der Waals surface area (Å²) in [6, 6.07) is 16.4. The van der Waals surface area contributed by atoms with Gasteiger partial charge in [0.25, 0.3) is 10.1 Å². The highest BCUT2D eigenvalue weighted by molar-refractivity contribution is 7.85. The summed E-state index contributed by atoms with van der Waals surface area (Å²) in [7, 11) is -4.15. The van der Waals surface area contributed by atoms with Crippen molar-refractivity contribution < 1.29 is 13.0 Å². The zero-order valence-electron chi connectivity index (χ0n) is 9.78. The highest BCUT2D eigenvalue weighted by Gasteiger charge is 2.09. The molecule has 0 fully saturated rings. The van der Waals surface area contributed by atoms with Gasteiger partial charge in [-0.3, -0.25) is 4.55 Å². The molecule has 19 heavy (non-hydrogen) atoms. The minimum atomic E-state index is -4.15. The molecule has 0 saturated carbocycles. The summed E-state index contributed by atoms with van der Waals surface area (Å²) in [5, 5.41) is 3.88. The van der Waals surface area contributed by atoms with E-state index in [1.807, 2.05) is 36.4 Å². The molecule has 0 aliphatic carbocycles. The Bertz CT molecular complexity index is 857. The summed E-state index contributed by atoms with van der Waals surface area (Å²) < 4.78 is 31.2. The molecule has 0 bridgehead atoms. The van der Waals surface area contributed by atoms with Gasteiger partial charge in [0.2, 0.25) is 0 Å². The maximum absolute atomic E-state index is 11.1. The minimum Gasteiger partial charge on any atom is -0.282 e. The highest BCUT2D eigenvalue weighted by Crippen LogP contribution is 2.24. The van der Waals surface area contributed by atoms with E-state index in [1.54, 1.807) is 6.07 Å². The smallest absolute Gasteiger partial charge is 0.282 e. The largest absolute Gasteiger partial charge is 0.294 e. The van der Waals surface area contributed by atoms with Crippen molar-refractivity contribution in [2.75, 3.05) is 0 Å². The molecule has 0 radical (unpaired) electrons. The standard InChI is InChI=1S/C14H10O3S.ClH/c15-18(16,17)14-6-5-12-7-10-3-1-2-4-11(10)8-13(12)9-14;/h1-9H,(H,15,16,17);1H. The van der Waals surface area contributed by atoms with Crippen molar-refractivity contribution >= 4 is 44.1 Å². The first kappa shape index (κ1) is 13.8. The van der Waals surface area contributed by atoms with Crippen LogP contribution in [0.15, 0.2) is 59.5 Å². The molecule has 0 heterocycles. The monoisotopic (exact) mass is 294 g/mol. The third-order valence-electron chi connectivity index (χ3n) is 2.97. The maximum Gasteiger partial charge on any atom is 0.294 e. The Labute approximate surface area is 117 Å². The van der Waals surface area contributed by atoms with Crippen molar-refractivity contribution in [2.45, 2.75) is 4.90 Å². The molecule has 3 rings (SSSR count). The first-order valence-electron chi connectivity index (χ1n) is 5.44. The summed E-state index contributed by atoms with van der Waals surface area (Å²) in [5.41, 5.74) is 0. The van der Waals surface area contributed by atoms with Gasteiger partial charge in [0, 0.05) is 0 Å². The Hall–Kier alpha value is -1.62. The van der Waals surface area contributed by atoms with Crippen LogP contribution in [0.4, 0.5) is 0 Å². The fraction of sp³-hybridized carbons (Fsp3) is 0. The SMILES string of the molecule is Cl.O=S(=O)(O)c1ccc2cc3ccccc3cc2c1. The van der Waals surface area contributed by atoms with Gasteiger partial charge in [0.1, 0.15) is 0 Å². The van der Waals surface area contributed by atoms with Crippen LogP contribution in [0.2, 0.25) is 0 Å². The van der Waals surface area contributed by atoms with Gasteiger partial charge in [-0.15, -0.1) is 12.4 Å². The predicted molar refractivity (Wildman–Crippen MR) is 78.5 cm³/mol. The molecule has 0 atom stereocenters. The molecule has 98 valence electrons. The topological polar surface area (TPSA) is 54.4 Å². The maximum atomic E-state index is 11.1. The second kappa shape index (κ2) is 4.81. The summed E-state index contributed by atoms with van der Waals surface area (Å²) in [5.74, 6) is 0. The molecule has 0 saturated heterocycles. The molecule has 1 N–H and O–H groups in total.